The van der Waals surface area contributed by atoms with E-state index in [1.165, 1.54) is 4.90 Å². The van der Waals surface area contributed by atoms with Gasteiger partial charge in [-0.15, -0.1) is 0 Å². The van der Waals surface area contributed by atoms with Crippen molar-refractivity contribution in [1.82, 2.24) is 4.90 Å². The Kier molecular flexibility index (Phi) is 3.42. The SMILES string of the molecule is O=C1[C@@H]2[C@H]3CCCN3[C@@]3(C(=O)Nc4ccccc43)[C@@H]2C(=O)N1c1ccc2ccccc2c1. The zero-order chi connectivity index (χ0) is 21.6. The number of rotatable bonds is 1. The number of fused-ring (bicyclic) bond motifs is 8. The molecule has 3 fully saturated rings. The molecular formula is C26H21N3O3. The van der Waals surface area contributed by atoms with Crippen molar-refractivity contribution in [1.29, 1.82) is 0 Å². The van der Waals surface area contributed by atoms with Gasteiger partial charge < -0.3 is 5.32 Å². The Balaban J connectivity index is 1.42. The first-order valence-electron chi connectivity index (χ1n) is 11.2. The molecule has 3 aromatic carbocycles. The number of amides is 3. The van der Waals surface area contributed by atoms with E-state index < -0.39 is 17.4 Å². The minimum absolute atomic E-state index is 0.0983. The van der Waals surface area contributed by atoms with E-state index in [-0.39, 0.29) is 23.8 Å². The summed E-state index contributed by atoms with van der Waals surface area (Å²) >= 11 is 0. The van der Waals surface area contributed by atoms with Gasteiger partial charge in [-0.25, -0.2) is 4.90 Å². The molecule has 3 aromatic rings. The van der Waals surface area contributed by atoms with Crippen LogP contribution in [0.3, 0.4) is 0 Å². The second kappa shape index (κ2) is 6.04. The van der Waals surface area contributed by atoms with Crippen molar-refractivity contribution >= 4 is 39.9 Å². The Hall–Kier alpha value is -3.51. The van der Waals surface area contributed by atoms with Crippen LogP contribution in [0.15, 0.2) is 66.7 Å². The quantitative estimate of drug-likeness (QED) is 0.610. The highest BCUT2D eigenvalue weighted by molar-refractivity contribution is 6.26. The molecule has 4 aliphatic heterocycles. The van der Waals surface area contributed by atoms with Crippen molar-refractivity contribution in [2.75, 3.05) is 16.8 Å². The van der Waals surface area contributed by atoms with Crippen molar-refractivity contribution in [3.8, 4) is 0 Å². The van der Waals surface area contributed by atoms with Gasteiger partial charge in [-0.05, 0) is 48.4 Å². The predicted molar refractivity (Wildman–Crippen MR) is 120 cm³/mol. The van der Waals surface area contributed by atoms with Crippen LogP contribution in [0.25, 0.3) is 10.8 Å². The van der Waals surface area contributed by atoms with E-state index >= 15 is 0 Å². The number of carbonyl (C=O) groups is 3. The van der Waals surface area contributed by atoms with Crippen molar-refractivity contribution in [2.24, 2.45) is 11.8 Å². The average Bonchev–Trinajstić information content (AvgIpc) is 3.51. The van der Waals surface area contributed by atoms with Crippen molar-refractivity contribution < 1.29 is 14.4 Å². The van der Waals surface area contributed by atoms with Gasteiger partial charge in [0.15, 0.2) is 0 Å². The summed E-state index contributed by atoms with van der Waals surface area (Å²) in [7, 11) is 0. The van der Waals surface area contributed by atoms with Crippen LogP contribution in [0.2, 0.25) is 0 Å². The van der Waals surface area contributed by atoms with Gasteiger partial charge in [0, 0.05) is 17.3 Å². The number of nitrogens with zero attached hydrogens (tertiary/aromatic N) is 2. The van der Waals surface area contributed by atoms with Crippen LogP contribution in [0.4, 0.5) is 11.4 Å². The van der Waals surface area contributed by atoms with E-state index in [2.05, 4.69) is 10.2 Å². The number of para-hydroxylation sites is 1. The molecule has 7 rings (SSSR count). The van der Waals surface area contributed by atoms with Gasteiger partial charge in [0.2, 0.25) is 17.7 Å². The third-order valence-corrected chi connectivity index (χ3v) is 7.89. The van der Waals surface area contributed by atoms with Crippen LogP contribution >= 0.6 is 0 Å². The lowest BCUT2D eigenvalue weighted by Crippen LogP contribution is -2.54. The molecule has 0 saturated carbocycles. The molecule has 3 amide bonds. The van der Waals surface area contributed by atoms with Gasteiger partial charge in [-0.3, -0.25) is 19.3 Å². The molecule has 6 nitrogen and oxygen atoms in total. The van der Waals surface area contributed by atoms with Gasteiger partial charge in [0.25, 0.3) is 0 Å². The molecule has 32 heavy (non-hydrogen) atoms. The molecule has 3 saturated heterocycles. The molecule has 4 atom stereocenters. The van der Waals surface area contributed by atoms with Crippen molar-refractivity contribution in [3.63, 3.8) is 0 Å². The molecule has 1 N–H and O–H groups in total. The highest BCUT2D eigenvalue weighted by atomic mass is 16.2. The molecule has 0 aliphatic carbocycles. The highest BCUT2D eigenvalue weighted by Crippen LogP contribution is 2.60. The fraction of sp³-hybridized carbons (Fsp3) is 0.269. The molecule has 0 aromatic heterocycles. The highest BCUT2D eigenvalue weighted by Gasteiger charge is 2.74. The first-order chi connectivity index (χ1) is 15.6. The van der Waals surface area contributed by atoms with Crippen LogP contribution in [-0.2, 0) is 19.9 Å². The average molecular weight is 423 g/mol. The van der Waals surface area contributed by atoms with E-state index in [0.717, 1.165) is 41.4 Å². The molecule has 4 heterocycles. The molecule has 0 unspecified atom stereocenters. The third kappa shape index (κ3) is 1.97. The van der Waals surface area contributed by atoms with E-state index in [1.54, 1.807) is 0 Å². The second-order valence-electron chi connectivity index (χ2n) is 9.22. The zero-order valence-corrected chi connectivity index (χ0v) is 17.3. The summed E-state index contributed by atoms with van der Waals surface area (Å²) in [5.41, 5.74) is 1.04. The van der Waals surface area contributed by atoms with Gasteiger partial charge in [-0.1, -0.05) is 48.5 Å². The number of benzene rings is 3. The monoisotopic (exact) mass is 423 g/mol. The lowest BCUT2D eigenvalue weighted by molar-refractivity contribution is -0.135. The lowest BCUT2D eigenvalue weighted by atomic mass is 9.75. The van der Waals surface area contributed by atoms with Crippen LogP contribution in [-0.4, -0.2) is 35.2 Å². The second-order valence-corrected chi connectivity index (χ2v) is 9.22. The molecular weight excluding hydrogens is 402 g/mol. The Bertz CT molecular complexity index is 1350. The summed E-state index contributed by atoms with van der Waals surface area (Å²) in [6.07, 6.45) is 1.74. The number of nitrogens with one attached hydrogen (secondary N) is 1. The maximum atomic E-state index is 14.0. The van der Waals surface area contributed by atoms with Crippen LogP contribution in [0, 0.1) is 11.8 Å². The summed E-state index contributed by atoms with van der Waals surface area (Å²) in [4.78, 5) is 44.8. The molecule has 0 bridgehead atoms. The third-order valence-electron chi connectivity index (χ3n) is 7.89. The van der Waals surface area contributed by atoms with Crippen LogP contribution < -0.4 is 10.2 Å². The Morgan fingerprint density at radius 2 is 1.66 bits per heavy atom. The van der Waals surface area contributed by atoms with Gasteiger partial charge in [0.1, 0.15) is 5.54 Å². The minimum atomic E-state index is -1.11. The normalized spacial score (nSPS) is 30.8. The number of carbonyl (C=O) groups excluding carboxylic acids is 3. The molecule has 1 spiro atoms. The Labute approximate surface area is 184 Å². The predicted octanol–water partition coefficient (Wildman–Crippen LogP) is 3.27. The molecule has 6 heteroatoms. The Morgan fingerprint density at radius 3 is 2.53 bits per heavy atom. The van der Waals surface area contributed by atoms with Gasteiger partial charge in [-0.2, -0.15) is 0 Å². The number of hydrogen-bond donors (Lipinski definition) is 1. The Morgan fingerprint density at radius 1 is 0.875 bits per heavy atom. The molecule has 158 valence electrons. The van der Waals surface area contributed by atoms with E-state index in [4.69, 9.17) is 0 Å². The standard InChI is InChI=1S/C26H21N3O3/c30-23-21-20-10-5-13-28(20)26(18-8-3-4-9-19(18)27-25(26)32)22(21)24(31)29(23)17-12-11-15-6-1-2-7-16(15)14-17/h1-4,6-9,11-12,14,20-22H,5,10,13H2,(H,27,32)/t20-,21-,22+,26-/m1/s1. The number of anilines is 2. The summed E-state index contributed by atoms with van der Waals surface area (Å²) in [5, 5.41) is 5.04. The largest absolute Gasteiger partial charge is 0.324 e. The maximum Gasteiger partial charge on any atom is 0.250 e. The van der Waals surface area contributed by atoms with Crippen LogP contribution in [0.5, 0.6) is 0 Å². The van der Waals surface area contributed by atoms with E-state index in [1.807, 2.05) is 66.7 Å². The van der Waals surface area contributed by atoms with Crippen LogP contribution in [0.1, 0.15) is 18.4 Å². The number of imide groups is 1. The molecule has 0 radical (unpaired) electrons. The van der Waals surface area contributed by atoms with Crippen molar-refractivity contribution in [3.05, 3.63) is 72.3 Å². The zero-order valence-electron chi connectivity index (χ0n) is 17.3. The summed E-state index contributed by atoms with van der Waals surface area (Å²) in [5.74, 6) is -1.85. The maximum absolute atomic E-state index is 14.0. The topological polar surface area (TPSA) is 69.7 Å². The first-order valence-corrected chi connectivity index (χ1v) is 11.2. The van der Waals surface area contributed by atoms with E-state index in [9.17, 15) is 14.4 Å². The first kappa shape index (κ1) is 18.1. The lowest BCUT2D eigenvalue weighted by Gasteiger charge is -2.36. The smallest absolute Gasteiger partial charge is 0.250 e. The van der Waals surface area contributed by atoms with E-state index in [0.29, 0.717) is 5.69 Å². The fourth-order valence-electron chi connectivity index (χ4n) is 6.73. The number of hydrogen-bond acceptors (Lipinski definition) is 4. The van der Waals surface area contributed by atoms with Gasteiger partial charge in [0.05, 0.1) is 17.5 Å². The molecule has 4 aliphatic rings. The van der Waals surface area contributed by atoms with Crippen molar-refractivity contribution in [2.45, 2.75) is 24.4 Å². The summed E-state index contributed by atoms with van der Waals surface area (Å²) < 4.78 is 0. The fourth-order valence-corrected chi connectivity index (χ4v) is 6.73. The summed E-state index contributed by atoms with van der Waals surface area (Å²) in [6.45, 7) is 0.718. The minimum Gasteiger partial charge on any atom is -0.324 e. The van der Waals surface area contributed by atoms with Gasteiger partial charge >= 0.3 is 0 Å². The summed E-state index contributed by atoms with van der Waals surface area (Å²) in [6, 6.07) is 21.1.